The minimum Gasteiger partial charge on any atom is -0.497 e. The molecule has 1 heterocycles. The number of methoxy groups -OCH3 is 1. The van der Waals surface area contributed by atoms with Gasteiger partial charge in [0.05, 0.1) is 17.7 Å². The number of rotatable bonds is 6. The van der Waals surface area contributed by atoms with Gasteiger partial charge in [-0.3, -0.25) is 9.69 Å². The molecule has 5 heteroatoms. The van der Waals surface area contributed by atoms with Gasteiger partial charge in [-0.15, -0.1) is 0 Å². The molecule has 1 saturated heterocycles. The second-order valence-corrected chi connectivity index (χ2v) is 8.98. The van der Waals surface area contributed by atoms with Gasteiger partial charge >= 0.3 is 0 Å². The van der Waals surface area contributed by atoms with Crippen LogP contribution in [0.1, 0.15) is 11.1 Å². The maximum Gasteiger partial charge on any atom is 0.266 e. The summed E-state index contributed by atoms with van der Waals surface area (Å²) in [6.45, 7) is 0.564. The summed E-state index contributed by atoms with van der Waals surface area (Å²) < 4.78 is 5.34. The fourth-order valence-electron chi connectivity index (χ4n) is 3.97. The van der Waals surface area contributed by atoms with Crippen molar-refractivity contribution in [2.45, 2.75) is 6.42 Å². The molecular weight excluding hydrogens is 440 g/mol. The van der Waals surface area contributed by atoms with Gasteiger partial charge in [0, 0.05) is 11.9 Å². The number of thioether (sulfide) groups is 1. The van der Waals surface area contributed by atoms with Crippen molar-refractivity contribution in [3.63, 3.8) is 0 Å². The van der Waals surface area contributed by atoms with Gasteiger partial charge < -0.3 is 4.74 Å². The number of carbonyl (C=O) groups excluding carboxylic acids is 1. The van der Waals surface area contributed by atoms with Gasteiger partial charge in [0.1, 0.15) is 5.75 Å². The highest BCUT2D eigenvalue weighted by Crippen LogP contribution is 2.36. The number of ether oxygens (including phenoxy) is 1. The molecule has 0 aliphatic carbocycles. The Morgan fingerprint density at radius 3 is 2.53 bits per heavy atom. The summed E-state index contributed by atoms with van der Waals surface area (Å²) in [6, 6.07) is 32.2. The molecule has 0 bridgehead atoms. The topological polar surface area (TPSA) is 41.9 Å². The number of amides is 1. The molecule has 5 rings (SSSR count). The van der Waals surface area contributed by atoms with Crippen LogP contribution in [-0.2, 0) is 11.2 Å². The highest BCUT2D eigenvalue weighted by Gasteiger charge is 2.33. The van der Waals surface area contributed by atoms with E-state index in [4.69, 9.17) is 9.73 Å². The van der Waals surface area contributed by atoms with E-state index in [0.29, 0.717) is 16.6 Å². The number of benzene rings is 4. The molecule has 0 saturated carbocycles. The summed E-state index contributed by atoms with van der Waals surface area (Å²) in [7, 11) is 1.64. The molecule has 1 amide bonds. The van der Waals surface area contributed by atoms with Crippen LogP contribution in [0.3, 0.4) is 0 Å². The molecule has 34 heavy (non-hydrogen) atoms. The smallest absolute Gasteiger partial charge is 0.266 e. The maximum atomic E-state index is 13.5. The standard InChI is InChI=1S/C29H24N2O2S/c1-33-24-14-7-11-22(19-24)20-27-28(32)31(18-17-21-9-3-2-4-10-21)29(34-27)30-26-16-8-13-23-12-5-6-15-25(23)26/h2-16,19-20H,17-18H2,1H3/b27-20-,30-29?. The Bertz CT molecular complexity index is 1390. The van der Waals surface area contributed by atoms with E-state index in [0.717, 1.165) is 34.2 Å². The van der Waals surface area contributed by atoms with Crippen molar-refractivity contribution < 1.29 is 9.53 Å². The van der Waals surface area contributed by atoms with E-state index >= 15 is 0 Å². The number of hydrogen-bond donors (Lipinski definition) is 0. The van der Waals surface area contributed by atoms with Gasteiger partial charge in [0.2, 0.25) is 0 Å². The molecule has 168 valence electrons. The van der Waals surface area contributed by atoms with Gasteiger partial charge in [-0.2, -0.15) is 0 Å². The van der Waals surface area contributed by atoms with Crippen LogP contribution >= 0.6 is 11.8 Å². The van der Waals surface area contributed by atoms with E-state index < -0.39 is 0 Å². The van der Waals surface area contributed by atoms with Crippen molar-refractivity contribution in [1.82, 2.24) is 4.90 Å². The molecule has 1 fully saturated rings. The van der Waals surface area contributed by atoms with Crippen molar-refractivity contribution in [2.24, 2.45) is 4.99 Å². The third kappa shape index (κ3) is 4.75. The van der Waals surface area contributed by atoms with Crippen LogP contribution in [-0.4, -0.2) is 29.6 Å². The van der Waals surface area contributed by atoms with Gasteiger partial charge in [-0.05, 0) is 59.0 Å². The van der Waals surface area contributed by atoms with E-state index in [1.54, 1.807) is 12.0 Å². The number of aliphatic imine (C=N–C) groups is 1. The minimum atomic E-state index is -0.0252. The fraction of sp³-hybridized carbons (Fsp3) is 0.103. The van der Waals surface area contributed by atoms with E-state index in [9.17, 15) is 4.79 Å². The Kier molecular flexibility index (Phi) is 6.45. The maximum absolute atomic E-state index is 13.5. The Labute approximate surface area is 203 Å². The fourth-order valence-corrected chi connectivity index (χ4v) is 4.98. The zero-order valence-corrected chi connectivity index (χ0v) is 19.7. The SMILES string of the molecule is COc1cccc(/C=C2\SC(=Nc3cccc4ccccc34)N(CCc3ccccc3)C2=O)c1. The van der Waals surface area contributed by atoms with E-state index in [2.05, 4.69) is 30.3 Å². The first-order valence-electron chi connectivity index (χ1n) is 11.2. The Morgan fingerprint density at radius 1 is 0.912 bits per heavy atom. The summed E-state index contributed by atoms with van der Waals surface area (Å²) in [4.78, 5) is 20.9. The normalized spacial score (nSPS) is 16.0. The lowest BCUT2D eigenvalue weighted by Gasteiger charge is -2.16. The third-order valence-electron chi connectivity index (χ3n) is 5.73. The highest BCUT2D eigenvalue weighted by molar-refractivity contribution is 8.18. The van der Waals surface area contributed by atoms with Crippen molar-refractivity contribution >= 4 is 45.4 Å². The molecule has 0 spiro atoms. The monoisotopic (exact) mass is 464 g/mol. The first kappa shape index (κ1) is 22.0. The summed E-state index contributed by atoms with van der Waals surface area (Å²) in [5.41, 5.74) is 2.97. The molecule has 4 aromatic rings. The van der Waals surface area contributed by atoms with Gasteiger partial charge in [0.15, 0.2) is 5.17 Å². The minimum absolute atomic E-state index is 0.0252. The molecule has 0 unspecified atom stereocenters. The van der Waals surface area contributed by atoms with Gasteiger partial charge in [-0.25, -0.2) is 4.99 Å². The molecule has 0 atom stereocenters. The van der Waals surface area contributed by atoms with Crippen LogP contribution in [0.25, 0.3) is 16.8 Å². The molecule has 1 aliphatic rings. The lowest BCUT2D eigenvalue weighted by molar-refractivity contribution is -0.122. The van der Waals surface area contributed by atoms with Gasteiger partial charge in [-0.1, -0.05) is 78.9 Å². The summed E-state index contributed by atoms with van der Waals surface area (Å²) in [5.74, 6) is 0.734. The second-order valence-electron chi connectivity index (χ2n) is 7.97. The highest BCUT2D eigenvalue weighted by atomic mass is 32.2. The number of fused-ring (bicyclic) bond motifs is 1. The van der Waals surface area contributed by atoms with Crippen molar-refractivity contribution in [2.75, 3.05) is 13.7 Å². The lowest BCUT2D eigenvalue weighted by Crippen LogP contribution is -2.31. The summed E-state index contributed by atoms with van der Waals surface area (Å²) >= 11 is 1.42. The Balaban J connectivity index is 1.52. The average Bonchev–Trinajstić information content (AvgIpc) is 3.17. The molecule has 1 aliphatic heterocycles. The first-order valence-corrected chi connectivity index (χ1v) is 12.0. The predicted molar refractivity (Wildman–Crippen MR) is 141 cm³/mol. The number of carbonyl (C=O) groups is 1. The van der Waals surface area contributed by atoms with E-state index in [1.807, 2.05) is 72.8 Å². The zero-order chi connectivity index (χ0) is 23.3. The van der Waals surface area contributed by atoms with Crippen molar-refractivity contribution in [1.29, 1.82) is 0 Å². The van der Waals surface area contributed by atoms with Crippen LogP contribution in [0.15, 0.2) is 107 Å². The summed E-state index contributed by atoms with van der Waals surface area (Å²) in [5, 5.41) is 2.90. The van der Waals surface area contributed by atoms with Crippen molar-refractivity contribution in [3.05, 3.63) is 113 Å². The Morgan fingerprint density at radius 2 is 1.68 bits per heavy atom. The first-order chi connectivity index (χ1) is 16.7. The summed E-state index contributed by atoms with van der Waals surface area (Å²) in [6.07, 6.45) is 2.67. The van der Waals surface area contributed by atoms with Crippen LogP contribution in [0, 0.1) is 0 Å². The van der Waals surface area contributed by atoms with E-state index in [1.165, 1.54) is 17.3 Å². The number of hydrogen-bond acceptors (Lipinski definition) is 4. The second kappa shape index (κ2) is 9.98. The lowest BCUT2D eigenvalue weighted by atomic mass is 10.1. The molecule has 4 nitrogen and oxygen atoms in total. The number of nitrogens with zero attached hydrogens (tertiary/aromatic N) is 2. The van der Waals surface area contributed by atoms with Crippen LogP contribution < -0.4 is 4.74 Å². The van der Waals surface area contributed by atoms with E-state index in [-0.39, 0.29) is 5.91 Å². The molecule has 0 radical (unpaired) electrons. The molecule has 4 aromatic carbocycles. The molecule has 0 N–H and O–H groups in total. The largest absolute Gasteiger partial charge is 0.497 e. The Hall–Kier alpha value is -3.83. The van der Waals surface area contributed by atoms with Gasteiger partial charge in [0.25, 0.3) is 5.91 Å². The van der Waals surface area contributed by atoms with Crippen LogP contribution in [0.5, 0.6) is 5.75 Å². The van der Waals surface area contributed by atoms with Crippen LogP contribution in [0.2, 0.25) is 0 Å². The molecular formula is C29H24N2O2S. The predicted octanol–water partition coefficient (Wildman–Crippen LogP) is 6.70. The van der Waals surface area contributed by atoms with Crippen LogP contribution in [0.4, 0.5) is 5.69 Å². The third-order valence-corrected chi connectivity index (χ3v) is 6.74. The molecule has 0 aromatic heterocycles. The van der Waals surface area contributed by atoms with Crippen molar-refractivity contribution in [3.8, 4) is 5.75 Å². The average molecular weight is 465 g/mol. The quantitative estimate of drug-likeness (QED) is 0.298. The zero-order valence-electron chi connectivity index (χ0n) is 18.8. The number of amidine groups is 1.